The number of rotatable bonds is 5. The zero-order valence-corrected chi connectivity index (χ0v) is 11.5. The average Bonchev–Trinajstić information content (AvgIpc) is 2.48. The molecule has 110 valence electrons. The van der Waals surface area contributed by atoms with Crippen molar-refractivity contribution in [2.45, 2.75) is 24.4 Å². The Bertz CT molecular complexity index is 430. The lowest BCUT2D eigenvalue weighted by atomic mass is 9.93. The van der Waals surface area contributed by atoms with Gasteiger partial charge in [-0.25, -0.2) is 0 Å². The van der Waals surface area contributed by atoms with E-state index in [1.165, 1.54) is 0 Å². The molecule has 1 aromatic carbocycles. The molecule has 1 heterocycles. The fourth-order valence-electron chi connectivity index (χ4n) is 2.38. The van der Waals surface area contributed by atoms with Crippen LogP contribution in [-0.4, -0.2) is 42.9 Å². The normalized spacial score (nSPS) is 19.3. The van der Waals surface area contributed by atoms with E-state index < -0.39 is 5.60 Å². The predicted molar refractivity (Wildman–Crippen MR) is 76.2 cm³/mol. The van der Waals surface area contributed by atoms with Crippen LogP contribution in [0.5, 0.6) is 0 Å². The fourth-order valence-corrected chi connectivity index (χ4v) is 2.38. The Hall–Kier alpha value is -1.43. The summed E-state index contributed by atoms with van der Waals surface area (Å²) in [7, 11) is 0. The van der Waals surface area contributed by atoms with Crippen molar-refractivity contribution in [2.24, 2.45) is 5.73 Å². The molecule has 1 unspecified atom stereocenters. The van der Waals surface area contributed by atoms with Gasteiger partial charge in [0.25, 0.3) is 0 Å². The number of nitrogens with two attached hydrogens (primary N) is 1. The van der Waals surface area contributed by atoms with E-state index in [9.17, 15) is 9.90 Å². The van der Waals surface area contributed by atoms with Gasteiger partial charge < -0.3 is 20.9 Å². The number of hydrogen-bond donors (Lipinski definition) is 3. The van der Waals surface area contributed by atoms with Crippen molar-refractivity contribution in [2.75, 3.05) is 26.3 Å². The molecule has 1 aromatic rings. The standard InChI is InChI=1S/C15H22N2O3/c16-10-13(12-4-2-1-3-5-12)14(18)17-11-15(19)6-8-20-9-7-15/h1-5,13,19H,6-11,16H2,(H,17,18). The molecule has 1 fully saturated rings. The number of aliphatic hydroxyl groups is 1. The summed E-state index contributed by atoms with van der Waals surface area (Å²) in [5.74, 6) is -0.516. The van der Waals surface area contributed by atoms with Crippen LogP contribution in [0.15, 0.2) is 30.3 Å². The first-order chi connectivity index (χ1) is 9.64. The first-order valence-corrected chi connectivity index (χ1v) is 6.97. The minimum absolute atomic E-state index is 0.140. The third-order valence-electron chi connectivity index (χ3n) is 3.77. The zero-order chi connectivity index (χ0) is 14.4. The quantitative estimate of drug-likeness (QED) is 0.727. The van der Waals surface area contributed by atoms with Crippen LogP contribution in [0.4, 0.5) is 0 Å². The number of carbonyl (C=O) groups is 1. The minimum atomic E-state index is -0.857. The number of hydrogen-bond acceptors (Lipinski definition) is 4. The van der Waals surface area contributed by atoms with E-state index in [0.717, 1.165) is 5.56 Å². The molecule has 1 aliphatic heterocycles. The molecule has 1 amide bonds. The number of benzene rings is 1. The van der Waals surface area contributed by atoms with E-state index in [-0.39, 0.29) is 24.9 Å². The van der Waals surface area contributed by atoms with E-state index in [4.69, 9.17) is 10.5 Å². The molecule has 5 nitrogen and oxygen atoms in total. The summed E-state index contributed by atoms with van der Waals surface area (Å²) in [6.45, 7) is 1.56. The molecule has 0 spiro atoms. The molecule has 0 saturated carbocycles. The number of ether oxygens (including phenoxy) is 1. The molecule has 0 radical (unpaired) electrons. The zero-order valence-electron chi connectivity index (χ0n) is 11.5. The smallest absolute Gasteiger partial charge is 0.228 e. The van der Waals surface area contributed by atoms with Gasteiger partial charge in [0, 0.05) is 39.1 Å². The molecule has 4 N–H and O–H groups in total. The lowest BCUT2D eigenvalue weighted by molar-refractivity contribution is -0.125. The predicted octanol–water partition coefficient (Wildman–Crippen LogP) is 0.387. The molecule has 2 rings (SSSR count). The van der Waals surface area contributed by atoms with Crippen molar-refractivity contribution < 1.29 is 14.6 Å². The van der Waals surface area contributed by atoms with Gasteiger partial charge in [0.1, 0.15) is 0 Å². The van der Waals surface area contributed by atoms with E-state index in [2.05, 4.69) is 5.32 Å². The average molecular weight is 278 g/mol. The second-order valence-corrected chi connectivity index (χ2v) is 5.25. The number of nitrogens with one attached hydrogen (secondary N) is 1. The van der Waals surface area contributed by atoms with Gasteiger partial charge in [0.15, 0.2) is 0 Å². The lowest BCUT2D eigenvalue weighted by Crippen LogP contribution is -2.48. The van der Waals surface area contributed by atoms with Crippen LogP contribution in [0, 0.1) is 0 Å². The van der Waals surface area contributed by atoms with Gasteiger partial charge in [-0.15, -0.1) is 0 Å². The molecule has 1 aliphatic rings. The SMILES string of the molecule is NCC(C(=O)NCC1(O)CCOCC1)c1ccccc1. The molecule has 0 aromatic heterocycles. The fraction of sp³-hybridized carbons (Fsp3) is 0.533. The van der Waals surface area contributed by atoms with E-state index in [1.807, 2.05) is 30.3 Å². The second-order valence-electron chi connectivity index (χ2n) is 5.25. The van der Waals surface area contributed by atoms with Gasteiger partial charge >= 0.3 is 0 Å². The van der Waals surface area contributed by atoms with Crippen LogP contribution >= 0.6 is 0 Å². The first-order valence-electron chi connectivity index (χ1n) is 6.97. The molecule has 1 atom stereocenters. The summed E-state index contributed by atoms with van der Waals surface area (Å²) in [6.07, 6.45) is 1.10. The van der Waals surface area contributed by atoms with Crippen molar-refractivity contribution in [3.05, 3.63) is 35.9 Å². The highest BCUT2D eigenvalue weighted by Gasteiger charge is 2.31. The van der Waals surface area contributed by atoms with Crippen LogP contribution in [0.2, 0.25) is 0 Å². The van der Waals surface area contributed by atoms with Crippen molar-refractivity contribution in [1.29, 1.82) is 0 Å². The van der Waals surface area contributed by atoms with Crippen molar-refractivity contribution in [3.63, 3.8) is 0 Å². The first kappa shape index (κ1) is 15.0. The van der Waals surface area contributed by atoms with Crippen LogP contribution in [0.25, 0.3) is 0 Å². The molecule has 0 bridgehead atoms. The molecular formula is C15H22N2O3. The van der Waals surface area contributed by atoms with Gasteiger partial charge in [-0.05, 0) is 5.56 Å². The highest BCUT2D eigenvalue weighted by molar-refractivity contribution is 5.83. The molecule has 0 aliphatic carbocycles. The van der Waals surface area contributed by atoms with E-state index >= 15 is 0 Å². The van der Waals surface area contributed by atoms with E-state index in [1.54, 1.807) is 0 Å². The Morgan fingerprint density at radius 2 is 2.00 bits per heavy atom. The van der Waals surface area contributed by atoms with Crippen molar-refractivity contribution >= 4 is 5.91 Å². The van der Waals surface area contributed by atoms with E-state index in [0.29, 0.717) is 26.1 Å². The number of amides is 1. The maximum absolute atomic E-state index is 12.2. The molecule has 1 saturated heterocycles. The Morgan fingerprint density at radius 3 is 2.60 bits per heavy atom. The largest absolute Gasteiger partial charge is 0.388 e. The maximum Gasteiger partial charge on any atom is 0.228 e. The molecular weight excluding hydrogens is 256 g/mol. The van der Waals surface area contributed by atoms with Crippen LogP contribution in [0.1, 0.15) is 24.3 Å². The monoisotopic (exact) mass is 278 g/mol. The van der Waals surface area contributed by atoms with Crippen LogP contribution < -0.4 is 11.1 Å². The highest BCUT2D eigenvalue weighted by atomic mass is 16.5. The Kier molecular flexibility index (Phi) is 5.11. The topological polar surface area (TPSA) is 84.6 Å². The van der Waals surface area contributed by atoms with Crippen molar-refractivity contribution in [1.82, 2.24) is 5.32 Å². The molecule has 5 heteroatoms. The summed E-state index contributed by atoms with van der Waals surface area (Å²) in [6, 6.07) is 9.45. The second kappa shape index (κ2) is 6.83. The van der Waals surface area contributed by atoms with Gasteiger partial charge in [-0.3, -0.25) is 4.79 Å². The lowest BCUT2D eigenvalue weighted by Gasteiger charge is -2.32. The Morgan fingerprint density at radius 1 is 1.35 bits per heavy atom. The summed E-state index contributed by atoms with van der Waals surface area (Å²) < 4.78 is 5.22. The third-order valence-corrected chi connectivity index (χ3v) is 3.77. The van der Waals surface area contributed by atoms with Gasteiger partial charge in [-0.1, -0.05) is 30.3 Å². The Labute approximate surface area is 119 Å². The van der Waals surface area contributed by atoms with Crippen molar-refractivity contribution in [3.8, 4) is 0 Å². The molecule has 20 heavy (non-hydrogen) atoms. The summed E-state index contributed by atoms with van der Waals surface area (Å²) in [5.41, 5.74) is 5.74. The van der Waals surface area contributed by atoms with Gasteiger partial charge in [-0.2, -0.15) is 0 Å². The highest BCUT2D eigenvalue weighted by Crippen LogP contribution is 2.20. The Balaban J connectivity index is 1.93. The minimum Gasteiger partial charge on any atom is -0.388 e. The number of carbonyl (C=O) groups excluding carboxylic acids is 1. The van der Waals surface area contributed by atoms with Gasteiger partial charge in [0.05, 0.1) is 11.5 Å². The third kappa shape index (κ3) is 3.79. The van der Waals surface area contributed by atoms with Gasteiger partial charge in [0.2, 0.25) is 5.91 Å². The van der Waals surface area contributed by atoms with Crippen LogP contribution in [0.3, 0.4) is 0 Å². The summed E-state index contributed by atoms with van der Waals surface area (Å²) in [4.78, 5) is 12.2. The summed E-state index contributed by atoms with van der Waals surface area (Å²) in [5, 5.41) is 13.1. The van der Waals surface area contributed by atoms with Crippen LogP contribution in [-0.2, 0) is 9.53 Å². The maximum atomic E-state index is 12.2. The summed E-state index contributed by atoms with van der Waals surface area (Å²) >= 11 is 0.